The minimum absolute atomic E-state index is 0.0843. The van der Waals surface area contributed by atoms with Crippen LogP contribution in [0.3, 0.4) is 0 Å². The lowest BCUT2D eigenvalue weighted by atomic mass is 9.90. The van der Waals surface area contributed by atoms with Crippen LogP contribution in [0.5, 0.6) is 0 Å². The van der Waals surface area contributed by atoms with E-state index in [4.69, 9.17) is 4.42 Å². The molecule has 6 nitrogen and oxygen atoms in total. The van der Waals surface area contributed by atoms with Crippen LogP contribution in [0.2, 0.25) is 0 Å². The van der Waals surface area contributed by atoms with Gasteiger partial charge in [0.25, 0.3) is 16.7 Å². The molecule has 4 aromatic rings. The van der Waals surface area contributed by atoms with E-state index >= 15 is 0 Å². The normalized spacial score (nSPS) is 16.3. The third-order valence-corrected chi connectivity index (χ3v) is 7.23. The topological polar surface area (TPSA) is 73.3 Å². The van der Waals surface area contributed by atoms with Gasteiger partial charge in [0.2, 0.25) is 0 Å². The molecular formula is C21H20N4O2S2. The largest absolute Gasteiger partial charge is 0.410 e. The molecule has 0 aliphatic heterocycles. The Kier molecular flexibility index (Phi) is 4.75. The number of hydrogen-bond donors (Lipinski definition) is 0. The lowest BCUT2D eigenvalue weighted by Crippen LogP contribution is -2.15. The van der Waals surface area contributed by atoms with Crippen LogP contribution >= 0.6 is 23.1 Å². The lowest BCUT2D eigenvalue weighted by molar-refractivity contribution is 0.466. The Morgan fingerprint density at radius 1 is 1.31 bits per heavy atom. The van der Waals surface area contributed by atoms with Gasteiger partial charge in [-0.15, -0.1) is 21.5 Å². The van der Waals surface area contributed by atoms with E-state index in [1.165, 1.54) is 28.6 Å². The molecule has 0 saturated heterocycles. The van der Waals surface area contributed by atoms with E-state index in [0.717, 1.165) is 29.2 Å². The Morgan fingerprint density at radius 2 is 2.21 bits per heavy atom. The van der Waals surface area contributed by atoms with Crippen molar-refractivity contribution in [1.29, 1.82) is 0 Å². The minimum atomic E-state index is -0.0843. The maximum Gasteiger partial charge on any atom is 0.277 e. The minimum Gasteiger partial charge on any atom is -0.410 e. The second-order valence-corrected chi connectivity index (χ2v) is 9.65. The van der Waals surface area contributed by atoms with Gasteiger partial charge in [0, 0.05) is 22.9 Å². The molecule has 0 fully saturated rings. The molecule has 0 bridgehead atoms. The highest BCUT2D eigenvalue weighted by Gasteiger charge is 2.21. The summed E-state index contributed by atoms with van der Waals surface area (Å²) in [6.45, 7) is 4.25. The van der Waals surface area contributed by atoms with Crippen molar-refractivity contribution in [3.05, 3.63) is 62.5 Å². The Labute approximate surface area is 176 Å². The van der Waals surface area contributed by atoms with Crippen molar-refractivity contribution in [3.8, 4) is 10.8 Å². The zero-order valence-electron chi connectivity index (χ0n) is 16.2. The second-order valence-electron chi connectivity index (χ2n) is 7.59. The number of fused-ring (bicyclic) bond motifs is 2. The number of thiophene rings is 1. The summed E-state index contributed by atoms with van der Waals surface area (Å²) in [7, 11) is 0. The van der Waals surface area contributed by atoms with Crippen LogP contribution in [0.25, 0.3) is 16.4 Å². The Balaban J connectivity index is 1.33. The molecule has 0 amide bonds. The lowest BCUT2D eigenvalue weighted by Gasteiger charge is -2.16. The third-order valence-electron chi connectivity index (χ3n) is 5.15. The van der Waals surface area contributed by atoms with Crippen molar-refractivity contribution in [1.82, 2.24) is 19.6 Å². The first-order chi connectivity index (χ1) is 14.0. The summed E-state index contributed by atoms with van der Waals surface area (Å²) in [6.07, 6.45) is 5.31. The van der Waals surface area contributed by atoms with E-state index in [1.54, 1.807) is 28.0 Å². The average Bonchev–Trinajstić information content (AvgIpc) is 3.33. The number of aryl methyl sites for hydroxylation is 2. The van der Waals surface area contributed by atoms with Crippen LogP contribution < -0.4 is 5.56 Å². The van der Waals surface area contributed by atoms with Crippen molar-refractivity contribution < 1.29 is 4.42 Å². The molecule has 29 heavy (non-hydrogen) atoms. The summed E-state index contributed by atoms with van der Waals surface area (Å²) in [6, 6.07) is 7.57. The van der Waals surface area contributed by atoms with Crippen LogP contribution in [-0.2, 0) is 18.6 Å². The second kappa shape index (κ2) is 7.42. The van der Waals surface area contributed by atoms with E-state index < -0.39 is 0 Å². The van der Waals surface area contributed by atoms with Crippen molar-refractivity contribution in [2.45, 2.75) is 44.1 Å². The van der Waals surface area contributed by atoms with Crippen molar-refractivity contribution in [2.75, 3.05) is 0 Å². The highest BCUT2D eigenvalue weighted by molar-refractivity contribution is 7.98. The van der Waals surface area contributed by atoms with Gasteiger partial charge in [0.15, 0.2) is 0 Å². The Bertz CT molecular complexity index is 1260. The van der Waals surface area contributed by atoms with Crippen LogP contribution in [0.1, 0.15) is 35.0 Å². The molecule has 0 saturated carbocycles. The molecule has 0 radical (unpaired) electrons. The zero-order valence-corrected chi connectivity index (χ0v) is 17.8. The predicted octanol–water partition coefficient (Wildman–Crippen LogP) is 4.53. The summed E-state index contributed by atoms with van der Waals surface area (Å²) in [5.74, 6) is 1.81. The van der Waals surface area contributed by atoms with Crippen LogP contribution in [-0.4, -0.2) is 19.6 Å². The third kappa shape index (κ3) is 3.74. The molecule has 0 aromatic carbocycles. The highest BCUT2D eigenvalue weighted by Crippen LogP contribution is 2.37. The molecule has 1 atom stereocenters. The fourth-order valence-corrected chi connectivity index (χ4v) is 5.43. The molecule has 4 heterocycles. The maximum atomic E-state index is 12.3. The maximum absolute atomic E-state index is 12.3. The zero-order chi connectivity index (χ0) is 20.0. The van der Waals surface area contributed by atoms with Crippen LogP contribution in [0.4, 0.5) is 0 Å². The van der Waals surface area contributed by atoms with Gasteiger partial charge in [0.05, 0.1) is 10.6 Å². The van der Waals surface area contributed by atoms with Gasteiger partial charge in [-0.1, -0.05) is 24.8 Å². The molecule has 0 unspecified atom stereocenters. The fourth-order valence-electron chi connectivity index (χ4n) is 3.65. The quantitative estimate of drug-likeness (QED) is 0.448. The van der Waals surface area contributed by atoms with E-state index in [1.807, 2.05) is 19.1 Å². The van der Waals surface area contributed by atoms with Gasteiger partial charge in [-0.3, -0.25) is 9.20 Å². The summed E-state index contributed by atoms with van der Waals surface area (Å²) < 4.78 is 7.43. The number of hydrogen-bond acceptors (Lipinski definition) is 7. The standard InChI is InChI=1S/C21H20N4O2S2/c1-12-3-5-16-14(7-12)8-17(29-16)20-23-24-21(27-20)28-11-15-9-19(26)25-10-13(2)4-6-18(25)22-15/h4,6,8-10,12H,3,5,7,11H2,1-2H3/t12-/m1/s1. The molecule has 0 spiro atoms. The smallest absolute Gasteiger partial charge is 0.277 e. The van der Waals surface area contributed by atoms with Crippen molar-refractivity contribution in [2.24, 2.45) is 5.92 Å². The highest BCUT2D eigenvalue weighted by atomic mass is 32.2. The number of thioether (sulfide) groups is 1. The Hall–Kier alpha value is -2.45. The van der Waals surface area contributed by atoms with Gasteiger partial charge in [-0.2, -0.15) is 0 Å². The fraction of sp³-hybridized carbons (Fsp3) is 0.333. The van der Waals surface area contributed by atoms with Gasteiger partial charge in [-0.25, -0.2) is 4.98 Å². The van der Waals surface area contributed by atoms with Crippen LogP contribution in [0.15, 0.2) is 44.9 Å². The summed E-state index contributed by atoms with van der Waals surface area (Å²) in [5, 5.41) is 8.88. The molecule has 1 aliphatic rings. The van der Waals surface area contributed by atoms with Crippen molar-refractivity contribution in [3.63, 3.8) is 0 Å². The number of nitrogens with zero attached hydrogens (tertiary/aromatic N) is 4. The average molecular weight is 425 g/mol. The first-order valence-electron chi connectivity index (χ1n) is 9.62. The van der Waals surface area contributed by atoms with Gasteiger partial charge in [0.1, 0.15) is 5.65 Å². The predicted molar refractivity (Wildman–Crippen MR) is 115 cm³/mol. The SMILES string of the molecule is Cc1ccc2nc(CSc3nnc(-c4cc5c(s4)CC[C@@H](C)C5)o3)cc(=O)n2c1. The van der Waals surface area contributed by atoms with Crippen molar-refractivity contribution >= 4 is 28.7 Å². The number of pyridine rings is 1. The first-order valence-corrected chi connectivity index (χ1v) is 11.4. The van der Waals surface area contributed by atoms with E-state index in [-0.39, 0.29) is 5.56 Å². The molecular weight excluding hydrogens is 404 g/mol. The van der Waals surface area contributed by atoms with Gasteiger partial charge >= 0.3 is 0 Å². The molecule has 8 heteroatoms. The first kappa shape index (κ1) is 18.6. The van der Waals surface area contributed by atoms with E-state index in [2.05, 4.69) is 28.2 Å². The monoisotopic (exact) mass is 424 g/mol. The summed E-state index contributed by atoms with van der Waals surface area (Å²) in [5.41, 5.74) is 3.70. The number of aromatic nitrogens is 4. The molecule has 1 aliphatic carbocycles. The van der Waals surface area contributed by atoms with Gasteiger partial charge < -0.3 is 4.42 Å². The Morgan fingerprint density at radius 3 is 3.10 bits per heavy atom. The molecule has 148 valence electrons. The summed E-state index contributed by atoms with van der Waals surface area (Å²) in [4.78, 5) is 19.4. The van der Waals surface area contributed by atoms with Gasteiger partial charge in [-0.05, 0) is 55.4 Å². The van der Waals surface area contributed by atoms with Crippen LogP contribution in [0, 0.1) is 12.8 Å². The van der Waals surface area contributed by atoms with E-state index in [9.17, 15) is 4.79 Å². The van der Waals surface area contributed by atoms with E-state index in [0.29, 0.717) is 28.2 Å². The molecule has 0 N–H and O–H groups in total. The molecule has 5 rings (SSSR count). The molecule has 4 aromatic heterocycles. The summed E-state index contributed by atoms with van der Waals surface area (Å²) >= 11 is 3.16. The number of rotatable bonds is 4.